The van der Waals surface area contributed by atoms with E-state index in [1.165, 1.54) is 21.3 Å². The van der Waals surface area contributed by atoms with Gasteiger partial charge >= 0.3 is 0 Å². The van der Waals surface area contributed by atoms with Gasteiger partial charge < -0.3 is 14.8 Å². The smallest absolute Gasteiger partial charge is 0.267 e. The van der Waals surface area contributed by atoms with Crippen molar-refractivity contribution in [2.24, 2.45) is 0 Å². The van der Waals surface area contributed by atoms with Crippen molar-refractivity contribution in [3.63, 3.8) is 0 Å². The topological polar surface area (TPSA) is 97.8 Å². The van der Waals surface area contributed by atoms with Crippen molar-refractivity contribution in [3.05, 3.63) is 28.8 Å². The Hall–Kier alpha value is -2.33. The predicted molar refractivity (Wildman–Crippen MR) is 97.6 cm³/mol. The van der Waals surface area contributed by atoms with E-state index in [0.717, 1.165) is 21.9 Å². The van der Waals surface area contributed by atoms with Gasteiger partial charge in [-0.25, -0.2) is 17.7 Å². The van der Waals surface area contributed by atoms with Gasteiger partial charge in [-0.2, -0.15) is 0 Å². The van der Waals surface area contributed by atoms with Gasteiger partial charge in [-0.1, -0.05) is 11.3 Å². The van der Waals surface area contributed by atoms with Crippen molar-refractivity contribution in [2.75, 3.05) is 37.1 Å². The molecule has 0 fully saturated rings. The number of hydrogen-bond donors (Lipinski definition) is 1. The summed E-state index contributed by atoms with van der Waals surface area (Å²) < 4.78 is 34.7. The molecule has 1 heterocycles. The molecule has 2 rings (SSSR count). The maximum Gasteiger partial charge on any atom is 0.267 e. The van der Waals surface area contributed by atoms with Crippen molar-refractivity contribution in [1.29, 1.82) is 0 Å². The van der Waals surface area contributed by atoms with Crippen LogP contribution in [-0.2, 0) is 10.0 Å². The molecular formula is C15H19N3O5S2. The summed E-state index contributed by atoms with van der Waals surface area (Å²) in [6, 6.07) is 5.03. The fourth-order valence-electron chi connectivity index (χ4n) is 1.96. The van der Waals surface area contributed by atoms with Crippen molar-refractivity contribution in [3.8, 4) is 11.5 Å². The molecule has 1 N–H and O–H groups in total. The van der Waals surface area contributed by atoms with Crippen LogP contribution in [0.3, 0.4) is 0 Å². The number of nitrogens with zero attached hydrogens (tertiary/aromatic N) is 2. The zero-order valence-electron chi connectivity index (χ0n) is 14.5. The monoisotopic (exact) mass is 385 g/mol. The summed E-state index contributed by atoms with van der Waals surface area (Å²) in [7, 11) is 0.955. The van der Waals surface area contributed by atoms with Crippen LogP contribution < -0.4 is 19.1 Å². The van der Waals surface area contributed by atoms with Crippen LogP contribution in [0.4, 0.5) is 10.8 Å². The van der Waals surface area contributed by atoms with Gasteiger partial charge in [-0.05, 0) is 19.1 Å². The molecule has 136 valence electrons. The van der Waals surface area contributed by atoms with Crippen LogP contribution in [-0.4, -0.2) is 46.8 Å². The van der Waals surface area contributed by atoms with Gasteiger partial charge in [0.2, 0.25) is 10.0 Å². The van der Waals surface area contributed by atoms with Gasteiger partial charge in [0.15, 0.2) is 5.13 Å². The Kier molecular flexibility index (Phi) is 5.53. The Bertz CT molecular complexity index is 893. The van der Waals surface area contributed by atoms with E-state index < -0.39 is 15.9 Å². The maximum absolute atomic E-state index is 12.6. The van der Waals surface area contributed by atoms with Gasteiger partial charge in [0.05, 0.1) is 31.9 Å². The normalized spacial score (nSPS) is 11.1. The molecule has 1 aromatic carbocycles. The van der Waals surface area contributed by atoms with Gasteiger partial charge in [0, 0.05) is 13.1 Å². The molecule has 0 aliphatic carbocycles. The third-order valence-corrected chi connectivity index (χ3v) is 5.93. The summed E-state index contributed by atoms with van der Waals surface area (Å²) in [6.45, 7) is 1.65. The van der Waals surface area contributed by atoms with Crippen LogP contribution >= 0.6 is 11.3 Å². The van der Waals surface area contributed by atoms with Crippen LogP contribution in [0.1, 0.15) is 15.4 Å². The minimum atomic E-state index is -3.45. The molecule has 0 radical (unpaired) electrons. The number of carbonyl (C=O) groups is 1. The van der Waals surface area contributed by atoms with Crippen LogP contribution in [0.15, 0.2) is 18.2 Å². The third kappa shape index (κ3) is 4.20. The summed E-state index contributed by atoms with van der Waals surface area (Å²) in [5.41, 5.74) is 0.882. The van der Waals surface area contributed by atoms with Gasteiger partial charge in [-0.15, -0.1) is 0 Å². The summed E-state index contributed by atoms with van der Waals surface area (Å²) in [4.78, 5) is 17.1. The number of nitrogens with one attached hydrogen (secondary N) is 1. The zero-order valence-corrected chi connectivity index (χ0v) is 16.1. The molecule has 0 spiro atoms. The number of hydrogen-bond acceptors (Lipinski definition) is 7. The van der Waals surface area contributed by atoms with E-state index in [1.54, 1.807) is 25.1 Å². The molecule has 0 aliphatic rings. The lowest BCUT2D eigenvalue weighted by Gasteiger charge is -2.12. The number of amides is 1. The molecule has 0 atom stereocenters. The number of sulfonamides is 1. The average Bonchev–Trinajstić information content (AvgIpc) is 2.94. The number of benzene rings is 1. The second kappa shape index (κ2) is 7.28. The molecule has 0 saturated carbocycles. The summed E-state index contributed by atoms with van der Waals surface area (Å²) in [5, 5.41) is 2.97. The first kappa shape index (κ1) is 19.0. The SMILES string of the molecule is COc1ccc(OC)c(NC(=O)c2sc(N(C)S(C)(=O)=O)nc2C)c1. The molecule has 10 heteroatoms. The first-order chi connectivity index (χ1) is 11.7. The highest BCUT2D eigenvalue weighted by Gasteiger charge is 2.22. The lowest BCUT2D eigenvalue weighted by molar-refractivity contribution is 0.102. The van der Waals surface area contributed by atoms with Gasteiger partial charge in [-0.3, -0.25) is 4.79 Å². The minimum Gasteiger partial charge on any atom is -0.497 e. The molecular weight excluding hydrogens is 366 g/mol. The first-order valence-corrected chi connectivity index (χ1v) is 9.78. The molecule has 0 unspecified atom stereocenters. The van der Waals surface area contributed by atoms with E-state index >= 15 is 0 Å². The highest BCUT2D eigenvalue weighted by Crippen LogP contribution is 2.31. The molecule has 1 aromatic heterocycles. The van der Waals surface area contributed by atoms with Gasteiger partial charge in [0.1, 0.15) is 16.4 Å². The standard InChI is InChI=1S/C15H19N3O5S2/c1-9-13(24-15(16-9)18(2)25(5,20)21)14(19)17-11-8-10(22-3)6-7-12(11)23-4/h6-8H,1-5H3,(H,17,19). The fourth-order valence-corrected chi connectivity index (χ4v) is 3.63. The Morgan fingerprint density at radius 3 is 2.52 bits per heavy atom. The predicted octanol–water partition coefficient (Wildman–Crippen LogP) is 2.12. The van der Waals surface area contributed by atoms with E-state index in [1.807, 2.05) is 0 Å². The number of aryl methyl sites for hydroxylation is 1. The number of rotatable bonds is 6. The average molecular weight is 385 g/mol. The van der Waals surface area contributed by atoms with Crippen molar-refractivity contribution >= 4 is 38.1 Å². The van der Waals surface area contributed by atoms with E-state index in [-0.39, 0.29) is 5.13 Å². The quantitative estimate of drug-likeness (QED) is 0.818. The number of thiazole rings is 1. The lowest BCUT2D eigenvalue weighted by Crippen LogP contribution is -2.24. The van der Waals surface area contributed by atoms with Crippen LogP contribution in [0.25, 0.3) is 0 Å². The summed E-state index contributed by atoms with van der Waals surface area (Å²) >= 11 is 0.997. The highest BCUT2D eigenvalue weighted by molar-refractivity contribution is 7.92. The fraction of sp³-hybridized carbons (Fsp3) is 0.333. The second-order valence-corrected chi connectivity index (χ2v) is 8.15. The van der Waals surface area contributed by atoms with E-state index in [9.17, 15) is 13.2 Å². The Morgan fingerprint density at radius 2 is 1.96 bits per heavy atom. The van der Waals surface area contributed by atoms with E-state index in [4.69, 9.17) is 9.47 Å². The molecule has 2 aromatic rings. The number of aromatic nitrogens is 1. The maximum atomic E-state index is 12.6. The number of carbonyl (C=O) groups excluding carboxylic acids is 1. The highest BCUT2D eigenvalue weighted by atomic mass is 32.2. The number of anilines is 2. The van der Waals surface area contributed by atoms with Crippen molar-refractivity contribution in [1.82, 2.24) is 4.98 Å². The summed E-state index contributed by atoms with van der Waals surface area (Å²) in [5.74, 6) is 0.633. The molecule has 0 aliphatic heterocycles. The Balaban J connectivity index is 2.32. The van der Waals surface area contributed by atoms with Crippen molar-refractivity contribution in [2.45, 2.75) is 6.92 Å². The third-order valence-electron chi connectivity index (χ3n) is 3.41. The molecule has 25 heavy (non-hydrogen) atoms. The Labute approximate surface area is 150 Å². The summed E-state index contributed by atoms with van der Waals surface area (Å²) in [6.07, 6.45) is 1.07. The van der Waals surface area contributed by atoms with E-state index in [0.29, 0.717) is 27.8 Å². The zero-order chi connectivity index (χ0) is 18.8. The molecule has 0 saturated heterocycles. The molecule has 8 nitrogen and oxygen atoms in total. The van der Waals surface area contributed by atoms with Crippen LogP contribution in [0, 0.1) is 6.92 Å². The first-order valence-electron chi connectivity index (χ1n) is 7.12. The van der Waals surface area contributed by atoms with Gasteiger partial charge in [0.25, 0.3) is 5.91 Å². The molecule has 1 amide bonds. The Morgan fingerprint density at radius 1 is 1.28 bits per heavy atom. The van der Waals surface area contributed by atoms with Crippen LogP contribution in [0.2, 0.25) is 0 Å². The number of methoxy groups -OCH3 is 2. The molecule has 0 bridgehead atoms. The second-order valence-electron chi connectivity index (χ2n) is 5.16. The minimum absolute atomic E-state index is 0.225. The largest absolute Gasteiger partial charge is 0.497 e. The van der Waals surface area contributed by atoms with Crippen LogP contribution in [0.5, 0.6) is 11.5 Å². The van der Waals surface area contributed by atoms with Crippen molar-refractivity contribution < 1.29 is 22.7 Å². The number of ether oxygens (including phenoxy) is 2. The van der Waals surface area contributed by atoms with E-state index in [2.05, 4.69) is 10.3 Å². The lowest BCUT2D eigenvalue weighted by atomic mass is 10.2.